The summed E-state index contributed by atoms with van der Waals surface area (Å²) in [7, 11) is 0. The highest BCUT2D eigenvalue weighted by atomic mass is 35.5. The first kappa shape index (κ1) is 16.2. The fourth-order valence-electron chi connectivity index (χ4n) is 2.24. The van der Waals surface area contributed by atoms with Gasteiger partial charge < -0.3 is 5.32 Å². The van der Waals surface area contributed by atoms with Crippen molar-refractivity contribution in [2.45, 2.75) is 20.0 Å². The van der Waals surface area contributed by atoms with Crippen LogP contribution in [0.3, 0.4) is 0 Å². The van der Waals surface area contributed by atoms with E-state index in [-0.39, 0.29) is 19.0 Å². The molecule has 2 aromatic heterocycles. The van der Waals surface area contributed by atoms with Gasteiger partial charge in [-0.2, -0.15) is 10.2 Å². The Morgan fingerprint density at radius 2 is 2.17 bits per heavy atom. The van der Waals surface area contributed by atoms with Crippen molar-refractivity contribution < 1.29 is 9.18 Å². The molecule has 0 radical (unpaired) electrons. The van der Waals surface area contributed by atoms with Crippen molar-refractivity contribution in [3.8, 4) is 0 Å². The lowest BCUT2D eigenvalue weighted by atomic mass is 10.2. The molecular weight excluding hydrogens is 333 g/mol. The first-order chi connectivity index (χ1) is 11.5. The third-order valence-corrected chi connectivity index (χ3v) is 3.87. The van der Waals surface area contributed by atoms with E-state index in [1.54, 1.807) is 35.3 Å². The van der Waals surface area contributed by atoms with Crippen molar-refractivity contribution in [2.75, 3.05) is 5.32 Å². The van der Waals surface area contributed by atoms with Crippen LogP contribution in [-0.2, 0) is 17.9 Å². The number of rotatable bonds is 5. The first-order valence-corrected chi connectivity index (χ1v) is 7.65. The number of hydrogen-bond donors (Lipinski definition) is 1. The van der Waals surface area contributed by atoms with E-state index in [2.05, 4.69) is 15.5 Å². The summed E-state index contributed by atoms with van der Waals surface area (Å²) in [6.45, 7) is 2.15. The summed E-state index contributed by atoms with van der Waals surface area (Å²) in [6, 6.07) is 7.98. The molecule has 6 nitrogen and oxygen atoms in total. The highest BCUT2D eigenvalue weighted by Gasteiger charge is 2.11. The topological polar surface area (TPSA) is 64.7 Å². The molecule has 1 aromatic carbocycles. The predicted molar refractivity (Wildman–Crippen MR) is 88.3 cm³/mol. The molecular formula is C16H15ClFN5O. The van der Waals surface area contributed by atoms with E-state index in [1.807, 2.05) is 13.0 Å². The lowest BCUT2D eigenvalue weighted by molar-refractivity contribution is -0.117. The number of carbonyl (C=O) groups excluding carboxylic acids is 1. The van der Waals surface area contributed by atoms with Crippen LogP contribution in [0.4, 0.5) is 10.2 Å². The van der Waals surface area contributed by atoms with Gasteiger partial charge in [-0.15, -0.1) is 0 Å². The van der Waals surface area contributed by atoms with Crippen LogP contribution in [0.1, 0.15) is 11.3 Å². The van der Waals surface area contributed by atoms with Gasteiger partial charge in [0.15, 0.2) is 5.82 Å². The van der Waals surface area contributed by atoms with Crippen molar-refractivity contribution in [1.29, 1.82) is 0 Å². The van der Waals surface area contributed by atoms with Gasteiger partial charge in [0.1, 0.15) is 12.4 Å². The molecule has 0 atom stereocenters. The number of aryl methyl sites for hydroxylation is 1. The van der Waals surface area contributed by atoms with E-state index < -0.39 is 5.82 Å². The van der Waals surface area contributed by atoms with Crippen molar-refractivity contribution in [3.05, 3.63) is 64.8 Å². The second-order valence-electron chi connectivity index (χ2n) is 5.28. The van der Waals surface area contributed by atoms with Crippen LogP contribution in [0.25, 0.3) is 0 Å². The quantitative estimate of drug-likeness (QED) is 0.771. The van der Waals surface area contributed by atoms with Crippen molar-refractivity contribution >= 4 is 23.3 Å². The number of hydrogen-bond acceptors (Lipinski definition) is 3. The fraction of sp³-hybridized carbons (Fsp3) is 0.188. The van der Waals surface area contributed by atoms with Gasteiger partial charge in [0.25, 0.3) is 0 Å². The third-order valence-electron chi connectivity index (χ3n) is 3.51. The van der Waals surface area contributed by atoms with E-state index in [4.69, 9.17) is 11.6 Å². The Morgan fingerprint density at radius 1 is 1.33 bits per heavy atom. The summed E-state index contributed by atoms with van der Waals surface area (Å²) in [5.41, 5.74) is 1.25. The summed E-state index contributed by atoms with van der Waals surface area (Å²) >= 11 is 6.00. The standard InChI is InChI=1S/C16H15ClFN5O/c1-11-5-7-19-23(11)10-16(24)20-15-6-8-22(21-15)9-12-13(17)3-2-4-14(12)18/h2-8H,9-10H2,1H3,(H,20,21,24). The van der Waals surface area contributed by atoms with Gasteiger partial charge in [-0.05, 0) is 25.1 Å². The minimum atomic E-state index is -0.391. The summed E-state index contributed by atoms with van der Waals surface area (Å²) < 4.78 is 16.9. The summed E-state index contributed by atoms with van der Waals surface area (Å²) in [5.74, 6) is -0.244. The maximum Gasteiger partial charge on any atom is 0.247 e. The Kier molecular flexibility index (Phi) is 4.61. The number of carbonyl (C=O) groups is 1. The van der Waals surface area contributed by atoms with Crippen molar-refractivity contribution in [2.24, 2.45) is 0 Å². The molecule has 0 aliphatic rings. The minimum absolute atomic E-state index is 0.102. The SMILES string of the molecule is Cc1ccnn1CC(=O)Nc1ccn(Cc2c(F)cccc2Cl)n1. The fourth-order valence-corrected chi connectivity index (χ4v) is 2.47. The molecule has 0 unspecified atom stereocenters. The number of amides is 1. The lowest BCUT2D eigenvalue weighted by Crippen LogP contribution is -2.20. The van der Waals surface area contributed by atoms with Crippen LogP contribution in [0, 0.1) is 12.7 Å². The molecule has 0 saturated heterocycles. The maximum atomic E-state index is 13.8. The van der Waals surface area contributed by atoms with Gasteiger partial charge in [-0.3, -0.25) is 14.2 Å². The molecule has 0 spiro atoms. The number of aromatic nitrogens is 4. The van der Waals surface area contributed by atoms with E-state index in [0.717, 1.165) is 5.69 Å². The van der Waals surface area contributed by atoms with E-state index >= 15 is 0 Å². The van der Waals surface area contributed by atoms with Crippen LogP contribution in [0.5, 0.6) is 0 Å². The predicted octanol–water partition coefficient (Wildman–Crippen LogP) is 2.87. The number of nitrogens with zero attached hydrogens (tertiary/aromatic N) is 4. The smallest absolute Gasteiger partial charge is 0.247 e. The van der Waals surface area contributed by atoms with E-state index in [9.17, 15) is 9.18 Å². The molecule has 0 aliphatic heterocycles. The van der Waals surface area contributed by atoms with Crippen LogP contribution < -0.4 is 5.32 Å². The molecule has 1 amide bonds. The van der Waals surface area contributed by atoms with Gasteiger partial charge >= 0.3 is 0 Å². The lowest BCUT2D eigenvalue weighted by Gasteiger charge is -2.06. The summed E-state index contributed by atoms with van der Waals surface area (Å²) in [4.78, 5) is 12.0. The Hall–Kier alpha value is -2.67. The normalized spacial score (nSPS) is 10.8. The Labute approximate surface area is 142 Å². The van der Waals surface area contributed by atoms with Crippen LogP contribution >= 0.6 is 11.6 Å². The monoisotopic (exact) mass is 347 g/mol. The number of nitrogens with one attached hydrogen (secondary N) is 1. The number of halogens is 2. The van der Waals surface area contributed by atoms with Gasteiger partial charge in [-0.25, -0.2) is 4.39 Å². The highest BCUT2D eigenvalue weighted by molar-refractivity contribution is 6.31. The van der Waals surface area contributed by atoms with Crippen LogP contribution in [-0.4, -0.2) is 25.5 Å². The largest absolute Gasteiger partial charge is 0.308 e. The molecule has 8 heteroatoms. The molecule has 3 aromatic rings. The first-order valence-electron chi connectivity index (χ1n) is 7.27. The summed E-state index contributed by atoms with van der Waals surface area (Å²) in [6.07, 6.45) is 3.28. The Morgan fingerprint density at radius 3 is 2.88 bits per heavy atom. The van der Waals surface area contributed by atoms with Gasteiger partial charge in [-0.1, -0.05) is 17.7 Å². The minimum Gasteiger partial charge on any atom is -0.308 e. The highest BCUT2D eigenvalue weighted by Crippen LogP contribution is 2.20. The van der Waals surface area contributed by atoms with Crippen molar-refractivity contribution in [3.63, 3.8) is 0 Å². The number of benzene rings is 1. The molecule has 1 N–H and O–H groups in total. The molecule has 0 saturated carbocycles. The van der Waals surface area contributed by atoms with Gasteiger partial charge in [0.2, 0.25) is 5.91 Å². The van der Waals surface area contributed by atoms with E-state index in [1.165, 1.54) is 10.7 Å². The van der Waals surface area contributed by atoms with Crippen LogP contribution in [0.15, 0.2) is 42.7 Å². The molecule has 24 heavy (non-hydrogen) atoms. The van der Waals surface area contributed by atoms with Gasteiger partial charge in [0, 0.05) is 34.7 Å². The zero-order chi connectivity index (χ0) is 17.1. The third kappa shape index (κ3) is 3.62. The molecule has 124 valence electrons. The average molecular weight is 348 g/mol. The van der Waals surface area contributed by atoms with E-state index in [0.29, 0.717) is 16.4 Å². The second kappa shape index (κ2) is 6.84. The molecule has 3 rings (SSSR count). The maximum absolute atomic E-state index is 13.8. The van der Waals surface area contributed by atoms with Crippen LogP contribution in [0.2, 0.25) is 5.02 Å². The molecule has 2 heterocycles. The molecule has 0 aliphatic carbocycles. The Bertz CT molecular complexity index is 853. The number of anilines is 1. The van der Waals surface area contributed by atoms with Gasteiger partial charge in [0.05, 0.1) is 6.54 Å². The molecule has 0 bridgehead atoms. The zero-order valence-corrected chi connectivity index (χ0v) is 13.7. The molecule has 0 fully saturated rings. The average Bonchev–Trinajstić information content (AvgIpc) is 3.13. The van der Waals surface area contributed by atoms with Crippen molar-refractivity contribution in [1.82, 2.24) is 19.6 Å². The zero-order valence-electron chi connectivity index (χ0n) is 12.9. The summed E-state index contributed by atoms with van der Waals surface area (Å²) in [5, 5.41) is 11.3. The Balaban J connectivity index is 1.65. The second-order valence-corrected chi connectivity index (χ2v) is 5.68.